The van der Waals surface area contributed by atoms with Gasteiger partial charge in [-0.2, -0.15) is 0 Å². The summed E-state index contributed by atoms with van der Waals surface area (Å²) in [6.07, 6.45) is 30.3. The Bertz CT molecular complexity index is 3650. The number of hydrogen-bond donors (Lipinski definition) is 4. The van der Waals surface area contributed by atoms with E-state index in [2.05, 4.69) is 104 Å². The number of allylic oxidation sites excluding steroid dienone is 3. The van der Waals surface area contributed by atoms with Crippen LogP contribution < -0.4 is 5.32 Å². The van der Waals surface area contributed by atoms with Gasteiger partial charge in [0.05, 0.1) is 54.9 Å². The molecular formula is C80H98N2O11. The van der Waals surface area contributed by atoms with E-state index in [0.29, 0.717) is 72.6 Å². The Kier molecular flexibility index (Phi) is 12.4. The second kappa shape index (κ2) is 19.6. The van der Waals surface area contributed by atoms with Crippen LogP contribution in [0.15, 0.2) is 83.2 Å². The number of Topliss-reactive ketones (excluding diaryl/α,β-unsaturated/α-hetero) is 1. The molecule has 1 aromatic heterocycles. The average Bonchev–Trinajstić information content (AvgIpc) is 1.42. The van der Waals surface area contributed by atoms with E-state index in [4.69, 9.17) is 23.4 Å². The van der Waals surface area contributed by atoms with Crippen LogP contribution in [0.1, 0.15) is 166 Å². The number of aliphatic hydroxyl groups excluding tert-OH is 3. The van der Waals surface area contributed by atoms with Gasteiger partial charge in [-0.25, -0.2) is 4.79 Å². The van der Waals surface area contributed by atoms with E-state index in [1.807, 2.05) is 6.07 Å². The van der Waals surface area contributed by atoms with Crippen LogP contribution >= 0.6 is 0 Å². The van der Waals surface area contributed by atoms with Gasteiger partial charge in [-0.3, -0.25) is 14.9 Å². The van der Waals surface area contributed by atoms with E-state index in [1.165, 1.54) is 49.7 Å². The van der Waals surface area contributed by atoms with Gasteiger partial charge in [-0.1, -0.05) is 106 Å². The van der Waals surface area contributed by atoms with E-state index in [0.717, 1.165) is 83.8 Å². The predicted molar refractivity (Wildman–Crippen MR) is 343 cm³/mol. The zero-order valence-electron chi connectivity index (χ0n) is 55.0. The molecule has 8 heterocycles. The van der Waals surface area contributed by atoms with Gasteiger partial charge in [0.25, 0.3) is 0 Å². The summed E-state index contributed by atoms with van der Waals surface area (Å²) in [4.78, 5) is 53.0. The van der Waals surface area contributed by atoms with Crippen molar-refractivity contribution in [2.75, 3.05) is 26.4 Å². The molecule has 1 aromatic carbocycles. The number of hydrogen-bond acceptors (Lipinski definition) is 13. The first-order valence-corrected chi connectivity index (χ1v) is 37.5. The Labute approximate surface area is 548 Å². The number of esters is 2. The molecule has 494 valence electrons. The third kappa shape index (κ3) is 6.93. The van der Waals surface area contributed by atoms with Crippen molar-refractivity contribution in [1.82, 2.24) is 10.2 Å². The highest BCUT2D eigenvalue weighted by Crippen LogP contribution is 2.92. The number of epoxide rings is 1. The number of ether oxygens (including phenoxy) is 4. The molecule has 9 saturated carbocycles. The molecule has 29 atom stereocenters. The Morgan fingerprint density at radius 1 is 0.882 bits per heavy atom. The number of aliphatic hydroxyl groups is 3. The van der Waals surface area contributed by atoms with Gasteiger partial charge >= 0.3 is 11.9 Å². The van der Waals surface area contributed by atoms with Gasteiger partial charge in [0.1, 0.15) is 29.7 Å². The lowest BCUT2D eigenvalue weighted by molar-refractivity contribution is -0.315. The third-order valence-electron chi connectivity index (χ3n) is 32.7. The van der Waals surface area contributed by atoms with Crippen molar-refractivity contribution in [1.29, 1.82) is 0 Å². The van der Waals surface area contributed by atoms with Crippen molar-refractivity contribution in [2.24, 2.45) is 128 Å². The van der Waals surface area contributed by atoms with Crippen LogP contribution in [0.5, 0.6) is 0 Å². The molecule has 4 N–H and O–H groups in total. The number of furan rings is 1. The Balaban J connectivity index is 0.811. The van der Waals surface area contributed by atoms with Gasteiger partial charge in [0.15, 0.2) is 17.5 Å². The summed E-state index contributed by atoms with van der Waals surface area (Å²) >= 11 is 0. The molecule has 5 saturated heterocycles. The standard InChI is InChI=1S/C80H98N2O11/c1-44-54-16-8-7-14-47(54)19-21-55(44)60-34-52-33-53-38-74(25-9-10-26-74)41-75(53)37-51-36-72(2)77(58-24-29-89-63(58)35-57(62(84)40-83)49-20-22-56-50(32-49)23-28-82-43-81-39-61(56)82)27-11-15-48-18-17-46(30-45-12-5-4-6-13-45)31-59(48)78(80(72)69(91-80)71(88)92-77)65(51)76-42-90-70(87)67(75)79(52,76)93-73(60,3)66(76)64(85)68(78)86/h4-6,12-13,19,21,23-24,28-29,34,44,46-51,53-57,59-62,65-69,81,83-84,86H,7-10,14,16-18,20,22,25-27,30-33,35-43H2,1-3H3/t44-,46-,47+,48+,49+,50-,51-,53+,54+,55-,56+,57+,59-,60+,61-,62-,65-,66-,67+,68-,69-,72+,73+,75-,76-,77+,78+,79+,80-/m1/s1. The summed E-state index contributed by atoms with van der Waals surface area (Å²) < 4.78 is 38.1. The number of cyclic esters (lactones) is 1. The summed E-state index contributed by atoms with van der Waals surface area (Å²) in [6, 6.07) is 13.2. The predicted octanol–water partition coefficient (Wildman–Crippen LogP) is 11.0. The summed E-state index contributed by atoms with van der Waals surface area (Å²) in [5.41, 5.74) is -6.29. The van der Waals surface area contributed by atoms with E-state index < -0.39 is 98.6 Å². The molecule has 93 heavy (non-hydrogen) atoms. The van der Waals surface area contributed by atoms with E-state index >= 15 is 19.5 Å². The fraction of sp³-hybridized carbons (Fsp3) is 0.738. The first-order valence-electron chi connectivity index (χ1n) is 37.5. The molecule has 18 aliphatic rings. The van der Waals surface area contributed by atoms with Crippen LogP contribution in [0.2, 0.25) is 0 Å². The van der Waals surface area contributed by atoms with Gasteiger partial charge < -0.3 is 43.6 Å². The van der Waals surface area contributed by atoms with Crippen molar-refractivity contribution in [2.45, 2.75) is 209 Å². The van der Waals surface area contributed by atoms with Crippen LogP contribution in [0, 0.1) is 140 Å². The normalized spacial score (nSPS) is 52.7. The number of nitrogens with zero attached hydrogens (tertiary/aromatic N) is 1. The molecule has 14 fully saturated rings. The Morgan fingerprint density at radius 3 is 2.58 bits per heavy atom. The number of benzene rings is 1. The van der Waals surface area contributed by atoms with E-state index in [-0.39, 0.29) is 77.5 Å². The fourth-order valence-electron chi connectivity index (χ4n) is 30.0. The number of nitrogens with one attached hydrogen (secondary N) is 1. The van der Waals surface area contributed by atoms with Crippen molar-refractivity contribution in [3.8, 4) is 11.8 Å². The number of fused-ring (bicyclic) bond motifs is 7. The lowest BCUT2D eigenvalue weighted by Gasteiger charge is -2.74. The minimum atomic E-state index is -1.59. The van der Waals surface area contributed by atoms with Crippen LogP contribution in [-0.2, 0) is 51.8 Å². The van der Waals surface area contributed by atoms with Crippen LogP contribution in [-0.4, -0.2) is 106 Å². The molecule has 13 nitrogen and oxygen atoms in total. The molecule has 0 radical (unpaired) electrons. The maximum Gasteiger partial charge on any atom is 0.339 e. The Morgan fingerprint density at radius 2 is 1.73 bits per heavy atom. The summed E-state index contributed by atoms with van der Waals surface area (Å²) in [7, 11) is 0. The van der Waals surface area contributed by atoms with Crippen molar-refractivity contribution in [3.05, 3.63) is 95.6 Å². The largest absolute Gasteiger partial charge is 0.469 e. The summed E-state index contributed by atoms with van der Waals surface area (Å²) in [5.74, 6) is 6.92. The van der Waals surface area contributed by atoms with Crippen molar-refractivity contribution >= 4 is 17.7 Å². The Hall–Kier alpha value is -4.55. The van der Waals surface area contributed by atoms with E-state index in [1.54, 1.807) is 6.26 Å². The second-order valence-corrected chi connectivity index (χ2v) is 35.5. The minimum Gasteiger partial charge on any atom is -0.469 e. The lowest BCUT2D eigenvalue weighted by atomic mass is 9.28. The minimum absolute atomic E-state index is 0.0129. The number of carbonyl (C=O) groups excluding carboxylic acids is 3. The molecule has 13 heteroatoms. The molecule has 7 aliphatic heterocycles. The highest BCUT2D eigenvalue weighted by atomic mass is 16.7. The topological polar surface area (TPSA) is 181 Å². The summed E-state index contributed by atoms with van der Waals surface area (Å²) in [5, 5.41) is 42.1. The molecule has 2 aromatic rings. The highest BCUT2D eigenvalue weighted by molar-refractivity contribution is 5.94. The zero-order chi connectivity index (χ0) is 62.8. The number of ketones is 1. The molecule has 9 bridgehead atoms. The van der Waals surface area contributed by atoms with Crippen molar-refractivity contribution in [3.63, 3.8) is 0 Å². The first kappa shape index (κ1) is 58.6. The van der Waals surface area contributed by atoms with Crippen molar-refractivity contribution < 1.29 is 53.1 Å². The fourth-order valence-corrected chi connectivity index (χ4v) is 30.0. The highest BCUT2D eigenvalue weighted by Gasteiger charge is 3.00. The smallest absolute Gasteiger partial charge is 0.339 e. The average molecular weight is 1260 g/mol. The first-order chi connectivity index (χ1) is 45.1. The summed E-state index contributed by atoms with van der Waals surface area (Å²) in [6.45, 7) is 8.49. The molecule has 11 aliphatic carbocycles. The lowest BCUT2D eigenvalue weighted by Crippen LogP contribution is -2.83. The third-order valence-corrected chi connectivity index (χ3v) is 32.7. The molecule has 0 unspecified atom stereocenters. The monoisotopic (exact) mass is 1260 g/mol. The van der Waals surface area contributed by atoms with Crippen LogP contribution in [0.25, 0.3) is 0 Å². The maximum absolute atomic E-state index is 18.0. The zero-order valence-corrected chi connectivity index (χ0v) is 55.0. The maximum atomic E-state index is 18.0. The molecule has 0 amide bonds. The van der Waals surface area contributed by atoms with Gasteiger partial charge in [0, 0.05) is 47.2 Å². The molecule has 20 rings (SSSR count). The molecular weight excluding hydrogens is 1160 g/mol. The van der Waals surface area contributed by atoms with Gasteiger partial charge in [-0.05, 0) is 221 Å². The SMILES string of the molecule is C[C@H]1[C@H]([C@@H]2C=C3C[C@H]4CC5(CCCC5)C[C@]45C[C@H]4C[C@]6(C)[C@]78O[C@@H]7C(=O)O[C@]6(c6ccoc6C[C@@H]([C@H]6CC[C@H]7[C@H](C=CN9CNC[C@H]79)C6)[C@H](O)CO)CC#C[C@H]6CC[C@H](Cc7ccccc7)C[C@H]6[C@]86[C@H](O)C(=O)[C@@H]7[C@@]2(C)O[C@]32[C@H]5C(=O)OC[C@@]72[C@@H]46)C=C[C@@H]2CCCC[C@@H]12. The molecule has 6 spiro atoms. The quantitative estimate of drug-likeness (QED) is 0.0807. The number of carbonyl (C=O) groups is 3. The van der Waals surface area contributed by atoms with Crippen LogP contribution in [0.4, 0.5) is 0 Å². The van der Waals surface area contributed by atoms with Crippen LogP contribution in [0.3, 0.4) is 0 Å². The van der Waals surface area contributed by atoms with Gasteiger partial charge in [0.2, 0.25) is 0 Å². The second-order valence-electron chi connectivity index (χ2n) is 35.5. The van der Waals surface area contributed by atoms with E-state index in [9.17, 15) is 10.2 Å². The van der Waals surface area contributed by atoms with Gasteiger partial charge in [-0.15, -0.1) is 0 Å². The number of rotatable bonds is 9.